The summed E-state index contributed by atoms with van der Waals surface area (Å²) < 4.78 is 0. The SMILES string of the molecule is CC(C)(C)c1c[c-]c(-c2[c-]c(-c3nccc(-c4cc(C(C)(C)C)cc5c4[n-]c4ccc(C(C)(C)C)cc45)n3)cc(-c3ccc(C(C)(C)C)cc3)c2)cc1.[Au+3]. The minimum absolute atomic E-state index is 0. The fraction of sp³-hybridized carbons (Fsp3) is 0.320. The summed E-state index contributed by atoms with van der Waals surface area (Å²) in [5, 5.41) is 2.35. The molecule has 7 aromatic rings. The fourth-order valence-corrected chi connectivity index (χ4v) is 6.89. The van der Waals surface area contributed by atoms with E-state index in [1.54, 1.807) is 0 Å². The Morgan fingerprint density at radius 3 is 1.72 bits per heavy atom. The molecule has 4 heteroatoms. The molecule has 54 heavy (non-hydrogen) atoms. The van der Waals surface area contributed by atoms with Crippen molar-refractivity contribution in [2.45, 2.75) is 105 Å². The van der Waals surface area contributed by atoms with Crippen molar-refractivity contribution >= 4 is 21.8 Å². The van der Waals surface area contributed by atoms with Crippen LogP contribution in [0.4, 0.5) is 0 Å². The van der Waals surface area contributed by atoms with Crippen LogP contribution in [0.15, 0.2) is 97.2 Å². The average Bonchev–Trinajstić information content (AvgIpc) is 3.48. The second kappa shape index (κ2) is 14.1. The van der Waals surface area contributed by atoms with Crippen molar-refractivity contribution in [3.05, 3.63) is 132 Å². The maximum atomic E-state index is 5.28. The van der Waals surface area contributed by atoms with Gasteiger partial charge < -0.3 is 4.98 Å². The molecule has 7 rings (SSSR count). The Kier molecular flexibility index (Phi) is 10.3. The molecule has 0 spiro atoms. The summed E-state index contributed by atoms with van der Waals surface area (Å²) >= 11 is 0. The zero-order valence-corrected chi connectivity index (χ0v) is 36.0. The zero-order valence-electron chi connectivity index (χ0n) is 33.9. The summed E-state index contributed by atoms with van der Waals surface area (Å²) in [6, 6.07) is 40.4. The minimum atomic E-state index is -0.0668. The van der Waals surface area contributed by atoms with Crippen LogP contribution in [0.5, 0.6) is 0 Å². The van der Waals surface area contributed by atoms with Gasteiger partial charge in [-0.25, -0.2) is 5.56 Å². The first-order chi connectivity index (χ1) is 24.8. The molecule has 0 aliphatic rings. The van der Waals surface area contributed by atoms with Crippen molar-refractivity contribution in [3.63, 3.8) is 0 Å². The van der Waals surface area contributed by atoms with Gasteiger partial charge in [-0.05, 0) is 66.3 Å². The summed E-state index contributed by atoms with van der Waals surface area (Å²) in [5.74, 6) is 0.628. The summed E-state index contributed by atoms with van der Waals surface area (Å²) in [4.78, 5) is 15.4. The Morgan fingerprint density at radius 1 is 0.519 bits per heavy atom. The minimum Gasteiger partial charge on any atom is -0.656 e. The molecule has 3 nitrogen and oxygen atoms in total. The van der Waals surface area contributed by atoms with Gasteiger partial charge in [0.1, 0.15) is 0 Å². The summed E-state index contributed by atoms with van der Waals surface area (Å²) in [6.45, 7) is 27.0. The molecule has 0 atom stereocenters. The molecule has 0 unspecified atom stereocenters. The third-order valence-electron chi connectivity index (χ3n) is 10.5. The Balaban J connectivity index is 0.00000497. The van der Waals surface area contributed by atoms with Gasteiger partial charge in [-0.15, -0.1) is 28.7 Å². The number of nitrogens with zero attached hydrogens (tertiary/aromatic N) is 3. The Labute approximate surface area is 338 Å². The third-order valence-corrected chi connectivity index (χ3v) is 10.5. The predicted molar refractivity (Wildman–Crippen MR) is 225 cm³/mol. The van der Waals surface area contributed by atoms with Crippen LogP contribution in [0.25, 0.3) is 66.7 Å². The molecule has 0 N–H and O–H groups in total. The number of rotatable bonds is 4. The monoisotopic (exact) mass is 891 g/mol. The van der Waals surface area contributed by atoms with Gasteiger partial charge >= 0.3 is 22.4 Å². The molecular formula is C50H52AuN3. The summed E-state index contributed by atoms with van der Waals surface area (Å²) in [6.07, 6.45) is 1.87. The van der Waals surface area contributed by atoms with Crippen LogP contribution in [-0.2, 0) is 44.0 Å². The van der Waals surface area contributed by atoms with E-state index in [-0.39, 0.29) is 44.0 Å². The molecule has 0 aliphatic carbocycles. The van der Waals surface area contributed by atoms with Crippen molar-refractivity contribution in [2.75, 3.05) is 0 Å². The van der Waals surface area contributed by atoms with E-state index < -0.39 is 0 Å². The first-order valence-corrected chi connectivity index (χ1v) is 18.9. The van der Waals surface area contributed by atoms with Crippen molar-refractivity contribution in [1.82, 2.24) is 15.0 Å². The van der Waals surface area contributed by atoms with Crippen LogP contribution in [0, 0.1) is 12.1 Å². The summed E-state index contributed by atoms with van der Waals surface area (Å²) in [7, 11) is 0. The average molecular weight is 892 g/mol. The van der Waals surface area contributed by atoms with E-state index in [0.717, 1.165) is 55.5 Å². The molecule has 278 valence electrons. The van der Waals surface area contributed by atoms with Gasteiger partial charge in [0, 0.05) is 6.20 Å². The van der Waals surface area contributed by atoms with E-state index in [1.165, 1.54) is 27.6 Å². The molecule has 0 saturated carbocycles. The van der Waals surface area contributed by atoms with Crippen molar-refractivity contribution in [3.8, 4) is 44.9 Å². The third kappa shape index (κ3) is 7.91. The van der Waals surface area contributed by atoms with Gasteiger partial charge in [0.2, 0.25) is 0 Å². The van der Waals surface area contributed by atoms with E-state index in [4.69, 9.17) is 15.0 Å². The van der Waals surface area contributed by atoms with Crippen LogP contribution in [0.2, 0.25) is 0 Å². The normalized spacial score (nSPS) is 12.7. The molecule has 0 saturated heterocycles. The van der Waals surface area contributed by atoms with E-state index in [2.05, 4.69) is 180 Å². The standard InChI is InChI=1S/C50H52N3.Au/c1-47(2,3)36-17-13-31(14-18-36)33-25-34(32-15-19-37(20-16-32)48(4,5)6)27-35(26-33)46-51-24-23-44(53-46)42-30-39(50(10,11)12)29-41-40-28-38(49(7,8)9)21-22-43(40)52-45(41)42;/h13-15,17-26,28-30H,1-12H3;/q-3;+3. The van der Waals surface area contributed by atoms with Crippen LogP contribution in [-0.4, -0.2) is 9.97 Å². The van der Waals surface area contributed by atoms with E-state index in [0.29, 0.717) is 5.82 Å². The Hall–Kier alpha value is -4.28. The second-order valence-corrected chi connectivity index (χ2v) is 18.8. The predicted octanol–water partition coefficient (Wildman–Crippen LogP) is 13.2. The van der Waals surface area contributed by atoms with E-state index in [9.17, 15) is 0 Å². The largest absolute Gasteiger partial charge is 3.00 e. The number of benzene rings is 5. The number of aromatic nitrogens is 3. The van der Waals surface area contributed by atoms with Gasteiger partial charge in [0.25, 0.3) is 0 Å². The molecule has 2 aromatic heterocycles. The maximum absolute atomic E-state index is 5.28. The second-order valence-electron chi connectivity index (χ2n) is 18.8. The Morgan fingerprint density at radius 2 is 1.11 bits per heavy atom. The molecule has 0 fully saturated rings. The first-order valence-electron chi connectivity index (χ1n) is 18.9. The van der Waals surface area contributed by atoms with Crippen LogP contribution >= 0.6 is 0 Å². The Bertz CT molecular complexity index is 2380. The van der Waals surface area contributed by atoms with Crippen LogP contribution in [0.1, 0.15) is 105 Å². The van der Waals surface area contributed by atoms with E-state index in [1.807, 2.05) is 12.3 Å². The number of fused-ring (bicyclic) bond motifs is 3. The topological polar surface area (TPSA) is 39.9 Å². The molecule has 0 radical (unpaired) electrons. The summed E-state index contributed by atoms with van der Waals surface area (Å²) in [5.41, 5.74) is 14.0. The van der Waals surface area contributed by atoms with Crippen LogP contribution < -0.4 is 4.98 Å². The zero-order chi connectivity index (χ0) is 38.1. The van der Waals surface area contributed by atoms with Crippen molar-refractivity contribution in [1.29, 1.82) is 0 Å². The smallest absolute Gasteiger partial charge is 0.656 e. The van der Waals surface area contributed by atoms with Gasteiger partial charge in [-0.2, -0.15) is 35.9 Å². The molecule has 0 bridgehead atoms. The molecule has 0 aliphatic heterocycles. The van der Waals surface area contributed by atoms with E-state index >= 15 is 0 Å². The molecule has 0 amide bonds. The van der Waals surface area contributed by atoms with Gasteiger partial charge in [0.05, 0.1) is 11.5 Å². The van der Waals surface area contributed by atoms with Gasteiger partial charge in [0.15, 0.2) is 0 Å². The van der Waals surface area contributed by atoms with Gasteiger partial charge in [-0.1, -0.05) is 149 Å². The van der Waals surface area contributed by atoms with Gasteiger partial charge in [-0.3, -0.25) is 9.97 Å². The van der Waals surface area contributed by atoms with Crippen LogP contribution in [0.3, 0.4) is 0 Å². The molecular weight excluding hydrogens is 840 g/mol. The quantitative estimate of drug-likeness (QED) is 0.131. The van der Waals surface area contributed by atoms with Crippen molar-refractivity contribution in [2.24, 2.45) is 0 Å². The first kappa shape index (κ1) is 39.4. The maximum Gasteiger partial charge on any atom is 3.00 e. The number of hydrogen-bond donors (Lipinski definition) is 0. The fourth-order valence-electron chi connectivity index (χ4n) is 6.89. The molecule has 5 aromatic carbocycles. The number of hydrogen-bond acceptors (Lipinski definition) is 2. The van der Waals surface area contributed by atoms with Crippen molar-refractivity contribution < 1.29 is 22.4 Å². The molecule has 2 heterocycles.